The molecule has 192 valence electrons. The number of likely N-dealkylation sites (N-methyl/N-ethyl adjacent to an activating group) is 1. The molecule has 0 aliphatic carbocycles. The van der Waals surface area contributed by atoms with Crippen molar-refractivity contribution in [2.24, 2.45) is 0 Å². The first-order chi connectivity index (χ1) is 17.0. The lowest BCUT2D eigenvalue weighted by atomic mass is 9.88. The highest BCUT2D eigenvalue weighted by atomic mass is 32.1. The highest BCUT2D eigenvalue weighted by Crippen LogP contribution is 2.34. The van der Waals surface area contributed by atoms with E-state index in [2.05, 4.69) is 58.9 Å². The number of carbonyl (C=O) groups is 1. The van der Waals surface area contributed by atoms with Crippen LogP contribution < -0.4 is 10.1 Å². The summed E-state index contributed by atoms with van der Waals surface area (Å²) >= 11 is 1.77. The molecule has 2 aromatic rings. The van der Waals surface area contributed by atoms with Crippen LogP contribution in [0.5, 0.6) is 5.75 Å². The lowest BCUT2D eigenvalue weighted by Gasteiger charge is -2.48. The maximum Gasteiger partial charge on any atom is 0.251 e. The average Bonchev–Trinajstić information content (AvgIpc) is 3.41. The van der Waals surface area contributed by atoms with Crippen LogP contribution in [0.25, 0.3) is 0 Å². The molecule has 2 aliphatic heterocycles. The zero-order chi connectivity index (χ0) is 24.7. The number of rotatable bonds is 11. The molecule has 2 fully saturated rings. The second-order valence-electron chi connectivity index (χ2n) is 9.86. The van der Waals surface area contributed by atoms with E-state index < -0.39 is 0 Å². The van der Waals surface area contributed by atoms with Crippen molar-refractivity contribution in [2.45, 2.75) is 63.8 Å². The molecular formula is C28H41N3O3S. The smallest absolute Gasteiger partial charge is 0.251 e. The van der Waals surface area contributed by atoms with Crippen LogP contribution in [-0.2, 0) is 16.0 Å². The van der Waals surface area contributed by atoms with Crippen LogP contribution in [0.1, 0.15) is 56.1 Å². The maximum atomic E-state index is 12.3. The Morgan fingerprint density at radius 3 is 2.71 bits per heavy atom. The van der Waals surface area contributed by atoms with E-state index in [0.29, 0.717) is 6.54 Å². The fourth-order valence-electron chi connectivity index (χ4n) is 5.26. The van der Waals surface area contributed by atoms with Gasteiger partial charge in [-0.25, -0.2) is 0 Å². The molecule has 1 amide bonds. The molecule has 0 bridgehead atoms. The molecule has 1 spiro atoms. The Bertz CT molecular complexity index is 927. The Labute approximate surface area is 214 Å². The van der Waals surface area contributed by atoms with Gasteiger partial charge in [0.15, 0.2) is 0 Å². The van der Waals surface area contributed by atoms with E-state index in [4.69, 9.17) is 9.47 Å². The van der Waals surface area contributed by atoms with Gasteiger partial charge in [0.1, 0.15) is 18.0 Å². The predicted molar refractivity (Wildman–Crippen MR) is 142 cm³/mol. The van der Waals surface area contributed by atoms with E-state index in [9.17, 15) is 4.79 Å². The number of para-hydroxylation sites is 1. The van der Waals surface area contributed by atoms with Gasteiger partial charge in [0.2, 0.25) is 0 Å². The van der Waals surface area contributed by atoms with Gasteiger partial charge in [-0.1, -0.05) is 38.1 Å². The van der Waals surface area contributed by atoms with Crippen LogP contribution >= 0.6 is 11.3 Å². The predicted octanol–water partition coefficient (Wildman–Crippen LogP) is 4.51. The Hall–Kier alpha value is -1.93. The average molecular weight is 500 g/mol. The summed E-state index contributed by atoms with van der Waals surface area (Å²) < 4.78 is 13.0. The number of likely N-dealkylation sites (tertiary alicyclic amines) is 1. The minimum absolute atomic E-state index is 0.0692. The molecule has 0 unspecified atom stereocenters. The van der Waals surface area contributed by atoms with Crippen molar-refractivity contribution in [1.29, 1.82) is 0 Å². The summed E-state index contributed by atoms with van der Waals surface area (Å²) in [5, 5.41) is 5.56. The lowest BCUT2D eigenvalue weighted by molar-refractivity contribution is -0.190. The molecule has 7 heteroatoms. The first-order valence-electron chi connectivity index (χ1n) is 13.2. The van der Waals surface area contributed by atoms with E-state index in [0.717, 1.165) is 70.6 Å². The number of thiophene rings is 1. The number of piperidine rings is 1. The van der Waals surface area contributed by atoms with Crippen LogP contribution in [0, 0.1) is 0 Å². The highest BCUT2D eigenvalue weighted by molar-refractivity contribution is 7.10. The fourth-order valence-corrected chi connectivity index (χ4v) is 6.05. The number of hydrogen-bond donors (Lipinski definition) is 1. The second kappa shape index (κ2) is 12.3. The number of ether oxygens (including phenoxy) is 2. The third-order valence-electron chi connectivity index (χ3n) is 7.34. The van der Waals surface area contributed by atoms with Gasteiger partial charge in [-0.15, -0.1) is 11.3 Å². The minimum atomic E-state index is -0.284. The monoisotopic (exact) mass is 499 g/mol. The van der Waals surface area contributed by atoms with Gasteiger partial charge >= 0.3 is 0 Å². The summed E-state index contributed by atoms with van der Waals surface area (Å²) in [7, 11) is 1.92. The first kappa shape index (κ1) is 26.1. The van der Waals surface area contributed by atoms with Crippen molar-refractivity contribution in [3.05, 3.63) is 52.2 Å². The second-order valence-corrected chi connectivity index (χ2v) is 10.8. The maximum absolute atomic E-state index is 12.3. The van der Waals surface area contributed by atoms with Crippen LogP contribution in [0.2, 0.25) is 0 Å². The lowest BCUT2D eigenvalue weighted by Crippen LogP contribution is -2.60. The van der Waals surface area contributed by atoms with Crippen molar-refractivity contribution in [1.82, 2.24) is 15.1 Å². The normalized spacial score (nSPS) is 21.4. The van der Waals surface area contributed by atoms with E-state index in [1.54, 1.807) is 11.3 Å². The Balaban J connectivity index is 1.33. The van der Waals surface area contributed by atoms with Gasteiger partial charge in [-0.2, -0.15) is 0 Å². The van der Waals surface area contributed by atoms with Gasteiger partial charge < -0.3 is 24.6 Å². The van der Waals surface area contributed by atoms with Gasteiger partial charge in [-0.05, 0) is 61.8 Å². The molecule has 1 N–H and O–H groups in total. The molecule has 2 saturated heterocycles. The Morgan fingerprint density at radius 1 is 1.20 bits per heavy atom. The largest absolute Gasteiger partial charge is 0.485 e. The number of nitrogens with zero attached hydrogens (tertiary/aromatic N) is 2. The van der Waals surface area contributed by atoms with Crippen molar-refractivity contribution in [3.8, 4) is 5.75 Å². The highest BCUT2D eigenvalue weighted by Gasteiger charge is 2.44. The van der Waals surface area contributed by atoms with Gasteiger partial charge in [0.05, 0.1) is 5.60 Å². The summed E-state index contributed by atoms with van der Waals surface area (Å²) in [5.74, 6) is 1.13. The molecule has 2 atom stereocenters. The van der Waals surface area contributed by atoms with E-state index in [1.807, 2.05) is 18.9 Å². The Morgan fingerprint density at radius 2 is 2.00 bits per heavy atom. The number of amides is 1. The van der Waals surface area contributed by atoms with Crippen molar-refractivity contribution in [3.63, 3.8) is 0 Å². The quantitative estimate of drug-likeness (QED) is 0.461. The zero-order valence-corrected chi connectivity index (χ0v) is 22.3. The summed E-state index contributed by atoms with van der Waals surface area (Å²) in [4.78, 5) is 18.0. The van der Waals surface area contributed by atoms with Crippen molar-refractivity contribution in [2.75, 3.05) is 46.3 Å². The molecule has 4 rings (SSSR count). The Kier molecular flexibility index (Phi) is 9.22. The van der Waals surface area contributed by atoms with Gasteiger partial charge in [0.25, 0.3) is 5.91 Å². The van der Waals surface area contributed by atoms with Crippen LogP contribution in [0.4, 0.5) is 0 Å². The molecule has 0 radical (unpaired) electrons. The van der Waals surface area contributed by atoms with E-state index in [-0.39, 0.29) is 23.7 Å². The van der Waals surface area contributed by atoms with Crippen LogP contribution in [0.15, 0.2) is 41.8 Å². The van der Waals surface area contributed by atoms with Gasteiger partial charge in [0, 0.05) is 44.5 Å². The van der Waals surface area contributed by atoms with E-state index in [1.165, 1.54) is 10.4 Å². The molecule has 0 saturated carbocycles. The number of morpholine rings is 1. The number of benzene rings is 1. The fraction of sp³-hybridized carbons (Fsp3) is 0.607. The third kappa shape index (κ3) is 6.64. The number of carbonyl (C=O) groups excluding carboxylic acids is 1. The summed E-state index contributed by atoms with van der Waals surface area (Å²) in [6, 6.07) is 12.8. The first-order valence-corrected chi connectivity index (χ1v) is 14.1. The van der Waals surface area contributed by atoms with Gasteiger partial charge in [-0.3, -0.25) is 4.79 Å². The van der Waals surface area contributed by atoms with Crippen molar-refractivity contribution < 1.29 is 14.3 Å². The minimum Gasteiger partial charge on any atom is -0.485 e. The molecule has 1 aromatic heterocycles. The van der Waals surface area contributed by atoms with Crippen LogP contribution in [0.3, 0.4) is 0 Å². The topological polar surface area (TPSA) is 54.0 Å². The summed E-state index contributed by atoms with van der Waals surface area (Å²) in [6.07, 6.45) is 4.39. The molecular weight excluding hydrogens is 458 g/mol. The van der Waals surface area contributed by atoms with E-state index >= 15 is 0 Å². The summed E-state index contributed by atoms with van der Waals surface area (Å²) in [5.41, 5.74) is 1.09. The number of nitrogens with one attached hydrogen (secondary N) is 1. The molecule has 35 heavy (non-hydrogen) atoms. The molecule has 2 aliphatic rings. The standard InChI is InChI=1S/C28H41N3O3S/c1-4-23-27(32)30(3)21-28(34-23)14-18-31(19-15-28)17-13-22-9-6-7-10-24(22)33-25(12-16-29-5-2)26-11-8-20-35-26/h6-11,20,23,25,29H,4-5,12-19,21H2,1-3H3/t23-,25-/m1/s1. The SMILES string of the molecule is CCNCC[C@@H](Oc1ccccc1CCN1CCC2(CC1)CN(C)C(=O)[C@@H](CC)O2)c1cccs1. The molecule has 1 aromatic carbocycles. The van der Waals surface area contributed by atoms with Crippen LogP contribution in [-0.4, -0.2) is 73.7 Å². The zero-order valence-electron chi connectivity index (χ0n) is 21.5. The molecule has 3 heterocycles. The third-order valence-corrected chi connectivity index (χ3v) is 8.30. The molecule has 6 nitrogen and oxygen atoms in total. The number of hydrogen-bond acceptors (Lipinski definition) is 6. The summed E-state index contributed by atoms with van der Waals surface area (Å²) in [6.45, 7) is 9.81. The van der Waals surface area contributed by atoms with Crippen molar-refractivity contribution >= 4 is 17.2 Å².